The lowest BCUT2D eigenvalue weighted by atomic mass is 10.1. The highest BCUT2D eigenvalue weighted by molar-refractivity contribution is 7.15. The Morgan fingerprint density at radius 2 is 2.25 bits per heavy atom. The summed E-state index contributed by atoms with van der Waals surface area (Å²) >= 11 is 1.64. The number of aromatic nitrogens is 1. The van der Waals surface area contributed by atoms with E-state index < -0.39 is 0 Å². The maximum Gasteiger partial charge on any atom is 0.152 e. The van der Waals surface area contributed by atoms with Crippen molar-refractivity contribution in [2.45, 2.75) is 18.9 Å². The second kappa shape index (κ2) is 6.11. The van der Waals surface area contributed by atoms with Gasteiger partial charge in [-0.25, -0.2) is 4.98 Å². The molecule has 4 rings (SSSR count). The number of nitrogen functional groups attached to an aromatic ring is 1. The van der Waals surface area contributed by atoms with Crippen LogP contribution >= 0.6 is 11.3 Å². The maximum absolute atomic E-state index is 9.49. The number of nitriles is 1. The molecule has 0 aliphatic carbocycles. The van der Waals surface area contributed by atoms with E-state index in [1.807, 2.05) is 18.2 Å². The minimum Gasteiger partial charge on any atom is -0.463 e. The fourth-order valence-electron chi connectivity index (χ4n) is 2.90. The number of nitrogens with two attached hydrogens (primary N) is 1. The zero-order chi connectivity index (χ0) is 16.5. The third-order valence-electron chi connectivity index (χ3n) is 4.07. The molecule has 2 N–H and O–H groups in total. The van der Waals surface area contributed by atoms with Gasteiger partial charge < -0.3 is 14.9 Å². The summed E-state index contributed by atoms with van der Waals surface area (Å²) < 4.78 is 11.2. The molecule has 1 aliphatic heterocycles. The molecule has 5 nitrogen and oxygen atoms in total. The van der Waals surface area contributed by atoms with Crippen molar-refractivity contribution in [2.75, 3.05) is 12.3 Å². The molecule has 120 valence electrons. The van der Waals surface area contributed by atoms with E-state index in [2.05, 4.69) is 17.1 Å². The van der Waals surface area contributed by atoms with Crippen LogP contribution < -0.4 is 5.73 Å². The summed E-state index contributed by atoms with van der Waals surface area (Å²) in [5.74, 6) is 0.844. The number of hydrogen-bond acceptors (Lipinski definition) is 6. The Labute approximate surface area is 143 Å². The molecular weight excluding hydrogens is 322 g/mol. The van der Waals surface area contributed by atoms with Crippen molar-refractivity contribution in [3.05, 3.63) is 47.0 Å². The highest BCUT2D eigenvalue weighted by Gasteiger charge is 2.21. The molecule has 1 unspecified atom stereocenters. The molecule has 1 fully saturated rings. The number of nitrogens with zero attached hydrogens (tertiary/aromatic N) is 2. The van der Waals surface area contributed by atoms with Crippen molar-refractivity contribution in [3.8, 4) is 28.0 Å². The average Bonchev–Trinajstić information content (AvgIpc) is 3.35. The fraction of sp³-hybridized carbons (Fsp3) is 0.222. The molecule has 0 amide bonds. The van der Waals surface area contributed by atoms with Gasteiger partial charge in [0.25, 0.3) is 0 Å². The van der Waals surface area contributed by atoms with Crippen LogP contribution in [0.5, 0.6) is 0 Å². The Morgan fingerprint density at radius 3 is 2.96 bits per heavy atom. The molecule has 1 saturated heterocycles. The predicted molar refractivity (Wildman–Crippen MR) is 92.3 cm³/mol. The van der Waals surface area contributed by atoms with E-state index in [1.165, 1.54) is 4.88 Å². The lowest BCUT2D eigenvalue weighted by molar-refractivity contribution is 0.114. The second-order valence-electron chi connectivity index (χ2n) is 5.61. The zero-order valence-electron chi connectivity index (χ0n) is 12.9. The van der Waals surface area contributed by atoms with Gasteiger partial charge >= 0.3 is 0 Å². The Morgan fingerprint density at radius 1 is 1.33 bits per heavy atom. The summed E-state index contributed by atoms with van der Waals surface area (Å²) in [4.78, 5) is 6.47. The molecule has 1 atom stereocenters. The normalized spacial score (nSPS) is 17.0. The predicted octanol–water partition coefficient (Wildman–Crippen LogP) is 4.38. The molecule has 0 saturated carbocycles. The van der Waals surface area contributed by atoms with Crippen LogP contribution in [0.3, 0.4) is 0 Å². The summed E-state index contributed by atoms with van der Waals surface area (Å²) in [6.07, 6.45) is 3.89. The summed E-state index contributed by atoms with van der Waals surface area (Å²) in [6, 6.07) is 11.7. The maximum atomic E-state index is 9.49. The Kier molecular flexibility index (Phi) is 3.81. The first-order chi connectivity index (χ1) is 11.8. The van der Waals surface area contributed by atoms with Crippen molar-refractivity contribution in [1.82, 2.24) is 4.98 Å². The summed E-state index contributed by atoms with van der Waals surface area (Å²) in [5, 5.41) is 9.49. The lowest BCUT2D eigenvalue weighted by Crippen LogP contribution is -1.98. The quantitative estimate of drug-likeness (QED) is 0.767. The highest BCUT2D eigenvalue weighted by Crippen LogP contribution is 2.39. The van der Waals surface area contributed by atoms with E-state index >= 15 is 0 Å². The van der Waals surface area contributed by atoms with Crippen molar-refractivity contribution in [2.24, 2.45) is 0 Å². The molecule has 3 aromatic rings. The standard InChI is InChI=1S/C18H15N3O2S/c19-10-12-11(9-13(21-18(12)20)14-3-1-7-22-14)16-5-6-17(24-16)15-4-2-8-23-15/h1,3,5-7,9,15H,2,4,8H2,(H2,20,21). The van der Waals surface area contributed by atoms with Gasteiger partial charge in [-0.3, -0.25) is 0 Å². The fourth-order valence-corrected chi connectivity index (χ4v) is 4.01. The van der Waals surface area contributed by atoms with Gasteiger partial charge in [0.15, 0.2) is 5.76 Å². The molecule has 6 heteroatoms. The number of thiophene rings is 1. The number of rotatable bonds is 3. The van der Waals surface area contributed by atoms with Crippen LogP contribution in [0.25, 0.3) is 21.9 Å². The number of furan rings is 1. The van der Waals surface area contributed by atoms with Crippen molar-refractivity contribution < 1.29 is 9.15 Å². The third kappa shape index (κ3) is 2.58. The van der Waals surface area contributed by atoms with E-state index in [-0.39, 0.29) is 11.9 Å². The Bertz CT molecular complexity index is 903. The van der Waals surface area contributed by atoms with Gasteiger partial charge in [-0.2, -0.15) is 5.26 Å². The molecule has 0 radical (unpaired) electrons. The van der Waals surface area contributed by atoms with Crippen LogP contribution in [-0.2, 0) is 4.74 Å². The molecule has 0 aromatic carbocycles. The number of pyridine rings is 1. The Balaban J connectivity index is 1.80. The largest absolute Gasteiger partial charge is 0.463 e. The van der Waals surface area contributed by atoms with Gasteiger partial charge in [0.05, 0.1) is 12.4 Å². The lowest BCUT2D eigenvalue weighted by Gasteiger charge is -2.08. The van der Waals surface area contributed by atoms with E-state index in [0.717, 1.165) is 29.9 Å². The van der Waals surface area contributed by atoms with Gasteiger partial charge in [0.2, 0.25) is 0 Å². The van der Waals surface area contributed by atoms with Gasteiger partial charge in [-0.05, 0) is 43.2 Å². The van der Waals surface area contributed by atoms with Gasteiger partial charge in [0.1, 0.15) is 23.1 Å². The highest BCUT2D eigenvalue weighted by atomic mass is 32.1. The van der Waals surface area contributed by atoms with Gasteiger partial charge in [-0.1, -0.05) is 0 Å². The van der Waals surface area contributed by atoms with Gasteiger partial charge in [0, 0.05) is 21.9 Å². The van der Waals surface area contributed by atoms with Crippen molar-refractivity contribution in [1.29, 1.82) is 5.26 Å². The van der Waals surface area contributed by atoms with Gasteiger partial charge in [-0.15, -0.1) is 11.3 Å². The van der Waals surface area contributed by atoms with E-state index in [0.29, 0.717) is 17.0 Å². The summed E-state index contributed by atoms with van der Waals surface area (Å²) in [7, 11) is 0. The molecule has 3 aromatic heterocycles. The van der Waals surface area contributed by atoms with E-state index in [4.69, 9.17) is 14.9 Å². The van der Waals surface area contributed by atoms with Crippen LogP contribution in [-0.4, -0.2) is 11.6 Å². The summed E-state index contributed by atoms with van der Waals surface area (Å²) in [5.41, 5.74) is 7.81. The van der Waals surface area contributed by atoms with Crippen LogP contribution in [0.1, 0.15) is 29.4 Å². The molecule has 0 bridgehead atoms. The molecule has 4 heterocycles. The smallest absolute Gasteiger partial charge is 0.152 e. The minimum absolute atomic E-state index is 0.165. The SMILES string of the molecule is N#Cc1c(-c2ccc(C3CCCO3)s2)cc(-c2ccco2)nc1N. The monoisotopic (exact) mass is 337 g/mol. The first-order valence-corrected chi connectivity index (χ1v) is 8.54. The van der Waals surface area contributed by atoms with Crippen LogP contribution in [0.2, 0.25) is 0 Å². The number of hydrogen-bond donors (Lipinski definition) is 1. The topological polar surface area (TPSA) is 85.1 Å². The average molecular weight is 337 g/mol. The third-order valence-corrected chi connectivity index (χ3v) is 5.28. The molecule has 24 heavy (non-hydrogen) atoms. The van der Waals surface area contributed by atoms with Crippen molar-refractivity contribution >= 4 is 17.2 Å². The molecule has 1 aliphatic rings. The second-order valence-corrected chi connectivity index (χ2v) is 6.72. The summed E-state index contributed by atoms with van der Waals surface area (Å²) in [6.45, 7) is 0.812. The molecular formula is C18H15N3O2S. The van der Waals surface area contributed by atoms with Crippen LogP contribution in [0, 0.1) is 11.3 Å². The van der Waals surface area contributed by atoms with E-state index in [1.54, 1.807) is 23.7 Å². The Hall–Kier alpha value is -2.62. The van der Waals surface area contributed by atoms with E-state index in [9.17, 15) is 5.26 Å². The minimum atomic E-state index is 0.165. The first kappa shape index (κ1) is 14.9. The zero-order valence-corrected chi connectivity index (χ0v) is 13.7. The number of anilines is 1. The van der Waals surface area contributed by atoms with Crippen LogP contribution in [0.15, 0.2) is 41.0 Å². The van der Waals surface area contributed by atoms with Crippen molar-refractivity contribution in [3.63, 3.8) is 0 Å². The first-order valence-electron chi connectivity index (χ1n) is 7.72. The number of ether oxygens (including phenoxy) is 1. The van der Waals surface area contributed by atoms with Crippen LogP contribution in [0.4, 0.5) is 5.82 Å². The molecule has 0 spiro atoms.